The van der Waals surface area contributed by atoms with Crippen molar-refractivity contribution in [3.8, 4) is 22.3 Å². The molecule has 1 aromatic carbocycles. The smallest absolute Gasteiger partial charge is 0.00678 e. The lowest BCUT2D eigenvalue weighted by molar-refractivity contribution is 0.874. The molecule has 0 bridgehead atoms. The van der Waals surface area contributed by atoms with E-state index < -0.39 is 0 Å². The first-order valence-electron chi connectivity index (χ1n) is 7.26. The van der Waals surface area contributed by atoms with Crippen molar-refractivity contribution in [2.75, 3.05) is 0 Å². The highest BCUT2D eigenvalue weighted by molar-refractivity contribution is 5.91. The average molecular weight is 260 g/mol. The maximum atomic E-state index is 2.36. The van der Waals surface area contributed by atoms with Crippen LogP contribution in [0, 0.1) is 6.92 Å². The molecule has 20 heavy (non-hydrogen) atoms. The molecule has 0 radical (unpaired) electrons. The highest BCUT2D eigenvalue weighted by Gasteiger charge is 2.19. The van der Waals surface area contributed by atoms with Gasteiger partial charge < -0.3 is 0 Å². The molecular weight excluding hydrogens is 240 g/mol. The molecular formula is C20H20. The Labute approximate surface area is 121 Å². The summed E-state index contributed by atoms with van der Waals surface area (Å²) in [7, 11) is 0. The minimum Gasteiger partial charge on any atom is -0.0622 e. The van der Waals surface area contributed by atoms with Gasteiger partial charge in [0.25, 0.3) is 0 Å². The predicted molar refractivity (Wildman–Crippen MR) is 87.3 cm³/mol. The highest BCUT2D eigenvalue weighted by Crippen LogP contribution is 2.43. The zero-order chi connectivity index (χ0) is 14.1. The van der Waals surface area contributed by atoms with Gasteiger partial charge in [0, 0.05) is 0 Å². The second-order valence-electron chi connectivity index (χ2n) is 5.73. The Kier molecular flexibility index (Phi) is 3.31. The molecule has 0 nitrogen and oxygen atoms in total. The van der Waals surface area contributed by atoms with E-state index in [1.54, 1.807) is 0 Å². The Balaban J connectivity index is 2.38. The summed E-state index contributed by atoms with van der Waals surface area (Å²) in [5.74, 6) is 0.530. The number of rotatable bonds is 2. The first kappa shape index (κ1) is 12.9. The topological polar surface area (TPSA) is 0 Å². The molecule has 0 spiro atoms. The molecule has 0 unspecified atom stereocenters. The van der Waals surface area contributed by atoms with Gasteiger partial charge in [-0.25, -0.2) is 0 Å². The fourth-order valence-electron chi connectivity index (χ4n) is 2.97. The van der Waals surface area contributed by atoms with Gasteiger partial charge in [-0.15, -0.1) is 0 Å². The molecule has 0 atom stereocenters. The van der Waals surface area contributed by atoms with Crippen LogP contribution in [0.4, 0.5) is 0 Å². The minimum atomic E-state index is 0.530. The summed E-state index contributed by atoms with van der Waals surface area (Å²) in [6.07, 6.45) is 0. The van der Waals surface area contributed by atoms with E-state index in [9.17, 15) is 0 Å². The molecule has 2 aliphatic rings. The first-order valence-corrected chi connectivity index (χ1v) is 7.26. The van der Waals surface area contributed by atoms with Crippen molar-refractivity contribution in [3.05, 3.63) is 71.8 Å². The molecule has 0 saturated carbocycles. The number of hydrogen-bond donors (Lipinski definition) is 0. The van der Waals surface area contributed by atoms with E-state index in [4.69, 9.17) is 0 Å². The molecule has 0 heterocycles. The summed E-state index contributed by atoms with van der Waals surface area (Å²) in [6, 6.07) is 21.8. The van der Waals surface area contributed by atoms with Crippen molar-refractivity contribution in [2.45, 2.75) is 26.7 Å². The number of fused-ring (bicyclic) bond motifs is 1. The lowest BCUT2D eigenvalue weighted by atomic mass is 9.93. The van der Waals surface area contributed by atoms with Crippen molar-refractivity contribution < 1.29 is 0 Å². The van der Waals surface area contributed by atoms with Crippen LogP contribution in [0.5, 0.6) is 0 Å². The summed E-state index contributed by atoms with van der Waals surface area (Å²) < 4.78 is 0. The summed E-state index contributed by atoms with van der Waals surface area (Å²) in [5.41, 5.74) is 8.25. The zero-order valence-corrected chi connectivity index (χ0v) is 12.4. The SMILES string of the molecule is Cc1ccccc2cc(C(C)C)c(-c3ccccc3)c1-2. The van der Waals surface area contributed by atoms with Crippen LogP contribution in [0.2, 0.25) is 0 Å². The summed E-state index contributed by atoms with van der Waals surface area (Å²) >= 11 is 0. The molecule has 3 rings (SSSR count). The molecule has 0 fully saturated rings. The monoisotopic (exact) mass is 260 g/mol. The van der Waals surface area contributed by atoms with Crippen molar-refractivity contribution in [1.82, 2.24) is 0 Å². The molecule has 2 aliphatic carbocycles. The van der Waals surface area contributed by atoms with E-state index in [1.807, 2.05) is 0 Å². The van der Waals surface area contributed by atoms with Gasteiger partial charge in [-0.1, -0.05) is 74.5 Å². The van der Waals surface area contributed by atoms with E-state index in [-0.39, 0.29) is 0 Å². The van der Waals surface area contributed by atoms with Crippen LogP contribution >= 0.6 is 0 Å². The van der Waals surface area contributed by atoms with Crippen LogP contribution in [0.1, 0.15) is 30.9 Å². The number of aryl methyl sites for hydroxylation is 1. The van der Waals surface area contributed by atoms with Crippen LogP contribution in [-0.4, -0.2) is 0 Å². The van der Waals surface area contributed by atoms with E-state index in [1.165, 1.54) is 33.4 Å². The van der Waals surface area contributed by atoms with Crippen molar-refractivity contribution in [2.24, 2.45) is 0 Å². The van der Waals surface area contributed by atoms with Crippen LogP contribution in [0.15, 0.2) is 60.7 Å². The Hall–Kier alpha value is -2.08. The van der Waals surface area contributed by atoms with E-state index in [2.05, 4.69) is 81.4 Å². The van der Waals surface area contributed by atoms with Crippen molar-refractivity contribution in [3.63, 3.8) is 0 Å². The van der Waals surface area contributed by atoms with E-state index >= 15 is 0 Å². The van der Waals surface area contributed by atoms with Gasteiger partial charge in [0.2, 0.25) is 0 Å². The normalized spacial score (nSPS) is 11.2. The second-order valence-corrected chi connectivity index (χ2v) is 5.73. The maximum absolute atomic E-state index is 2.36. The molecule has 0 amide bonds. The van der Waals surface area contributed by atoms with Gasteiger partial charge in [0.15, 0.2) is 0 Å². The van der Waals surface area contributed by atoms with E-state index in [0.717, 1.165) is 0 Å². The zero-order valence-electron chi connectivity index (χ0n) is 12.4. The molecule has 1 aromatic rings. The minimum absolute atomic E-state index is 0.530. The Morgan fingerprint density at radius 1 is 0.700 bits per heavy atom. The van der Waals surface area contributed by atoms with Gasteiger partial charge in [0.1, 0.15) is 0 Å². The van der Waals surface area contributed by atoms with Crippen LogP contribution in [0.25, 0.3) is 22.3 Å². The standard InChI is InChI=1S/C20H20/c1-14(2)18-13-17-12-8-7-9-15(3)19(17)20(18)16-10-5-4-6-11-16/h4-14H,1-3H3. The van der Waals surface area contributed by atoms with Crippen molar-refractivity contribution >= 4 is 0 Å². The number of benzene rings is 1. The van der Waals surface area contributed by atoms with Gasteiger partial charge in [-0.2, -0.15) is 0 Å². The third-order valence-electron chi connectivity index (χ3n) is 3.95. The van der Waals surface area contributed by atoms with Crippen LogP contribution < -0.4 is 0 Å². The Morgan fingerprint density at radius 3 is 2.00 bits per heavy atom. The van der Waals surface area contributed by atoms with Crippen molar-refractivity contribution in [1.29, 1.82) is 0 Å². The van der Waals surface area contributed by atoms with Gasteiger partial charge in [-0.3, -0.25) is 0 Å². The molecule has 0 N–H and O–H groups in total. The fraction of sp³-hybridized carbons (Fsp3) is 0.200. The maximum Gasteiger partial charge on any atom is -0.00678 e. The summed E-state index contributed by atoms with van der Waals surface area (Å²) in [4.78, 5) is 0. The molecule has 0 heteroatoms. The molecule has 0 aliphatic heterocycles. The number of hydrogen-bond acceptors (Lipinski definition) is 0. The third-order valence-corrected chi connectivity index (χ3v) is 3.95. The van der Waals surface area contributed by atoms with Gasteiger partial charge >= 0.3 is 0 Å². The quantitative estimate of drug-likeness (QED) is 0.539. The largest absolute Gasteiger partial charge is 0.0622 e. The lowest BCUT2D eigenvalue weighted by Gasteiger charge is -2.11. The molecule has 0 saturated heterocycles. The van der Waals surface area contributed by atoms with Gasteiger partial charge in [0.05, 0.1) is 0 Å². The highest BCUT2D eigenvalue weighted by atomic mass is 14.2. The average Bonchev–Trinajstić information content (AvgIpc) is 2.75. The third kappa shape index (κ3) is 2.12. The Morgan fingerprint density at radius 2 is 1.30 bits per heavy atom. The lowest BCUT2D eigenvalue weighted by Crippen LogP contribution is -1.88. The summed E-state index contributed by atoms with van der Waals surface area (Å²) in [6.45, 7) is 6.75. The second kappa shape index (κ2) is 5.13. The fourth-order valence-corrected chi connectivity index (χ4v) is 2.97. The van der Waals surface area contributed by atoms with Gasteiger partial charge in [-0.05, 0) is 46.2 Å². The molecule has 100 valence electrons. The Bertz CT molecular complexity index is 693. The molecule has 0 aromatic heterocycles. The summed E-state index contributed by atoms with van der Waals surface area (Å²) in [5, 5.41) is 0. The predicted octanol–water partition coefficient (Wildman–Crippen LogP) is 5.89. The first-order chi connectivity index (χ1) is 9.68. The van der Waals surface area contributed by atoms with Crippen LogP contribution in [-0.2, 0) is 0 Å². The van der Waals surface area contributed by atoms with E-state index in [0.29, 0.717) is 5.92 Å². The van der Waals surface area contributed by atoms with Crippen LogP contribution in [0.3, 0.4) is 0 Å².